The largest absolute Gasteiger partial charge is 0.492 e. The molecular formula is C16H19N3O3. The third kappa shape index (κ3) is 2.69. The lowest BCUT2D eigenvalue weighted by molar-refractivity contribution is -0.124. The molecule has 2 atom stereocenters. The zero-order valence-corrected chi connectivity index (χ0v) is 12.6. The molecule has 2 heterocycles. The maximum Gasteiger partial charge on any atom is 0.231 e. The number of hydrogen-bond acceptors (Lipinski definition) is 4. The van der Waals surface area contributed by atoms with E-state index in [-0.39, 0.29) is 18.4 Å². The fraction of sp³-hybridized carbons (Fsp3) is 0.375. The van der Waals surface area contributed by atoms with Crippen molar-refractivity contribution in [2.45, 2.75) is 18.4 Å². The molecule has 0 spiro atoms. The summed E-state index contributed by atoms with van der Waals surface area (Å²) >= 11 is 0. The third-order valence-corrected chi connectivity index (χ3v) is 3.95. The minimum atomic E-state index is -1.16. The van der Waals surface area contributed by atoms with Gasteiger partial charge in [-0.2, -0.15) is 5.10 Å². The Morgan fingerprint density at radius 2 is 2.32 bits per heavy atom. The van der Waals surface area contributed by atoms with E-state index in [2.05, 4.69) is 10.4 Å². The van der Waals surface area contributed by atoms with Crippen LogP contribution in [0, 0.1) is 0 Å². The Morgan fingerprint density at radius 1 is 1.55 bits per heavy atom. The minimum absolute atomic E-state index is 0.121. The Hall–Kier alpha value is -2.34. The number of carbonyl (C=O) groups excluding carboxylic acids is 1. The Balaban J connectivity index is 1.66. The van der Waals surface area contributed by atoms with Crippen LogP contribution in [0.25, 0.3) is 0 Å². The molecule has 0 radical (unpaired) electrons. The van der Waals surface area contributed by atoms with Crippen LogP contribution in [0.4, 0.5) is 0 Å². The molecule has 2 N–H and O–H groups in total. The number of benzene rings is 1. The van der Waals surface area contributed by atoms with Crippen molar-refractivity contribution in [2.24, 2.45) is 7.05 Å². The molecule has 0 fully saturated rings. The van der Waals surface area contributed by atoms with Crippen molar-refractivity contribution >= 4 is 5.91 Å². The van der Waals surface area contributed by atoms with Crippen molar-refractivity contribution in [1.29, 1.82) is 0 Å². The lowest BCUT2D eigenvalue weighted by atomic mass is 9.97. The van der Waals surface area contributed by atoms with Crippen LogP contribution in [-0.4, -0.2) is 33.9 Å². The fourth-order valence-electron chi connectivity index (χ4n) is 2.56. The summed E-state index contributed by atoms with van der Waals surface area (Å²) in [6.45, 7) is 2.11. The van der Waals surface area contributed by atoms with E-state index in [9.17, 15) is 9.90 Å². The van der Waals surface area contributed by atoms with Crippen molar-refractivity contribution in [2.75, 3.05) is 13.2 Å². The number of amides is 1. The van der Waals surface area contributed by atoms with Crippen LogP contribution in [0.5, 0.6) is 5.75 Å². The summed E-state index contributed by atoms with van der Waals surface area (Å²) < 4.78 is 7.13. The topological polar surface area (TPSA) is 76.4 Å². The highest BCUT2D eigenvalue weighted by Crippen LogP contribution is 2.33. The molecule has 1 aromatic heterocycles. The van der Waals surface area contributed by atoms with E-state index in [1.54, 1.807) is 31.0 Å². The van der Waals surface area contributed by atoms with E-state index in [1.165, 1.54) is 0 Å². The van der Waals surface area contributed by atoms with Crippen molar-refractivity contribution in [3.63, 3.8) is 0 Å². The molecule has 0 bridgehead atoms. The highest BCUT2D eigenvalue weighted by molar-refractivity contribution is 5.85. The number of para-hydroxylation sites is 1. The highest BCUT2D eigenvalue weighted by Gasteiger charge is 2.32. The standard InChI is InChI=1S/C16H19N3O3/c1-16(21,11-7-18-19(2)8-11)10-17-15(20)13-9-22-14-6-4-3-5-12(13)14/h3-8,13,21H,9-10H2,1-2H3,(H,17,20)/t13-,16+/m1/s1. The SMILES string of the molecule is Cn1cc([C@@](C)(O)CNC(=O)[C@@H]2COc3ccccc32)cn1. The van der Waals surface area contributed by atoms with Gasteiger partial charge in [-0.3, -0.25) is 9.48 Å². The van der Waals surface area contributed by atoms with Gasteiger partial charge in [0.05, 0.1) is 12.7 Å². The van der Waals surface area contributed by atoms with Gasteiger partial charge in [-0.1, -0.05) is 18.2 Å². The quantitative estimate of drug-likeness (QED) is 0.880. The van der Waals surface area contributed by atoms with Crippen LogP contribution in [-0.2, 0) is 17.4 Å². The van der Waals surface area contributed by atoms with Crippen molar-refractivity contribution in [1.82, 2.24) is 15.1 Å². The first kappa shape index (κ1) is 14.6. The van der Waals surface area contributed by atoms with E-state index in [4.69, 9.17) is 4.74 Å². The summed E-state index contributed by atoms with van der Waals surface area (Å²) in [5.41, 5.74) is 0.391. The van der Waals surface area contributed by atoms with E-state index in [0.29, 0.717) is 12.2 Å². The van der Waals surface area contributed by atoms with E-state index >= 15 is 0 Å². The Kier molecular flexibility index (Phi) is 3.62. The van der Waals surface area contributed by atoms with Crippen molar-refractivity contribution in [3.05, 3.63) is 47.8 Å². The summed E-state index contributed by atoms with van der Waals surface area (Å²) in [5, 5.41) is 17.3. The molecule has 2 aromatic rings. The average Bonchev–Trinajstić information content (AvgIpc) is 3.11. The van der Waals surface area contributed by atoms with Gasteiger partial charge in [0.2, 0.25) is 5.91 Å². The molecule has 6 nitrogen and oxygen atoms in total. The molecular weight excluding hydrogens is 282 g/mol. The van der Waals surface area contributed by atoms with E-state index < -0.39 is 5.60 Å². The van der Waals surface area contributed by atoms with E-state index in [1.807, 2.05) is 24.3 Å². The first-order chi connectivity index (χ1) is 10.5. The molecule has 1 amide bonds. The molecule has 1 aromatic carbocycles. The van der Waals surface area contributed by atoms with Gasteiger partial charge in [0.1, 0.15) is 23.9 Å². The molecule has 3 rings (SSSR count). The van der Waals surface area contributed by atoms with Gasteiger partial charge < -0.3 is 15.2 Å². The fourth-order valence-corrected chi connectivity index (χ4v) is 2.56. The number of rotatable bonds is 4. The smallest absolute Gasteiger partial charge is 0.231 e. The molecule has 0 saturated carbocycles. The number of hydrogen-bond donors (Lipinski definition) is 2. The van der Waals surface area contributed by atoms with Crippen LogP contribution >= 0.6 is 0 Å². The minimum Gasteiger partial charge on any atom is -0.492 e. The van der Waals surface area contributed by atoms with Crippen molar-refractivity contribution < 1.29 is 14.6 Å². The van der Waals surface area contributed by atoms with Gasteiger partial charge in [-0.15, -0.1) is 0 Å². The summed E-state index contributed by atoms with van der Waals surface area (Å²) in [4.78, 5) is 12.4. The summed E-state index contributed by atoms with van der Waals surface area (Å²) in [7, 11) is 1.78. The lowest BCUT2D eigenvalue weighted by Gasteiger charge is -2.23. The zero-order valence-electron chi connectivity index (χ0n) is 12.6. The number of fused-ring (bicyclic) bond motifs is 1. The molecule has 22 heavy (non-hydrogen) atoms. The predicted octanol–water partition coefficient (Wildman–Crippen LogP) is 0.920. The Labute approximate surface area is 128 Å². The summed E-state index contributed by atoms with van der Waals surface area (Å²) in [5.74, 6) is 0.275. The van der Waals surface area contributed by atoms with Crippen molar-refractivity contribution in [3.8, 4) is 5.75 Å². The van der Waals surface area contributed by atoms with Crippen LogP contribution < -0.4 is 10.1 Å². The van der Waals surface area contributed by atoms with Gasteiger partial charge in [-0.05, 0) is 13.0 Å². The molecule has 0 aliphatic carbocycles. The Bertz CT molecular complexity index is 693. The van der Waals surface area contributed by atoms with Gasteiger partial charge in [-0.25, -0.2) is 0 Å². The Morgan fingerprint density at radius 3 is 3.05 bits per heavy atom. The highest BCUT2D eigenvalue weighted by atomic mass is 16.5. The molecule has 6 heteroatoms. The number of nitrogens with one attached hydrogen (secondary N) is 1. The monoisotopic (exact) mass is 301 g/mol. The van der Waals surface area contributed by atoms with Crippen LogP contribution in [0.15, 0.2) is 36.7 Å². The van der Waals surface area contributed by atoms with Crippen LogP contribution in [0.1, 0.15) is 24.0 Å². The number of aliphatic hydroxyl groups is 1. The van der Waals surface area contributed by atoms with Crippen LogP contribution in [0.2, 0.25) is 0 Å². The molecule has 0 unspecified atom stereocenters. The molecule has 116 valence electrons. The average molecular weight is 301 g/mol. The number of ether oxygens (including phenoxy) is 1. The van der Waals surface area contributed by atoms with Gasteiger partial charge in [0.15, 0.2) is 0 Å². The van der Waals surface area contributed by atoms with Gasteiger partial charge in [0, 0.05) is 24.4 Å². The third-order valence-electron chi connectivity index (χ3n) is 3.95. The second-order valence-corrected chi connectivity index (χ2v) is 5.80. The number of carbonyl (C=O) groups is 1. The molecule has 1 aliphatic rings. The number of aryl methyl sites for hydroxylation is 1. The summed E-state index contributed by atoms with van der Waals surface area (Å²) in [6, 6.07) is 7.52. The molecule has 0 saturated heterocycles. The second kappa shape index (κ2) is 5.46. The predicted molar refractivity (Wildman–Crippen MR) is 80.5 cm³/mol. The number of aromatic nitrogens is 2. The van der Waals surface area contributed by atoms with Gasteiger partial charge in [0.25, 0.3) is 0 Å². The van der Waals surface area contributed by atoms with Gasteiger partial charge >= 0.3 is 0 Å². The summed E-state index contributed by atoms with van der Waals surface area (Å²) in [6.07, 6.45) is 3.33. The lowest BCUT2D eigenvalue weighted by Crippen LogP contribution is -2.40. The second-order valence-electron chi connectivity index (χ2n) is 5.80. The zero-order chi connectivity index (χ0) is 15.7. The first-order valence-corrected chi connectivity index (χ1v) is 7.18. The van der Waals surface area contributed by atoms with E-state index in [0.717, 1.165) is 11.3 Å². The number of nitrogens with zero attached hydrogens (tertiary/aromatic N) is 2. The maximum absolute atomic E-state index is 12.4. The molecule has 1 aliphatic heterocycles. The first-order valence-electron chi connectivity index (χ1n) is 7.18. The normalized spacial score (nSPS) is 19.1. The maximum atomic E-state index is 12.4. The van der Waals surface area contributed by atoms with Crippen LogP contribution in [0.3, 0.4) is 0 Å².